The Labute approximate surface area is 117 Å². The molecule has 0 amide bonds. The van der Waals surface area contributed by atoms with Crippen molar-refractivity contribution < 1.29 is 0 Å². The van der Waals surface area contributed by atoms with Crippen LogP contribution in [-0.4, -0.2) is 41.4 Å². The summed E-state index contributed by atoms with van der Waals surface area (Å²) in [6.45, 7) is 5.55. The Morgan fingerprint density at radius 1 is 1.15 bits per heavy atom. The fraction of sp³-hybridized carbons (Fsp3) is 0.357. The van der Waals surface area contributed by atoms with Gasteiger partial charge in [0.1, 0.15) is 6.20 Å². The Kier molecular flexibility index (Phi) is 3.37. The molecule has 104 valence electrons. The van der Waals surface area contributed by atoms with Crippen molar-refractivity contribution in [3.8, 4) is 0 Å². The van der Waals surface area contributed by atoms with Crippen LogP contribution in [0.3, 0.4) is 0 Å². The number of aromatic amines is 1. The molecule has 1 saturated heterocycles. The van der Waals surface area contributed by atoms with Gasteiger partial charge in [-0.25, -0.2) is 0 Å². The lowest BCUT2D eigenvalue weighted by molar-refractivity contribution is 0.633. The van der Waals surface area contributed by atoms with Gasteiger partial charge in [0, 0.05) is 31.9 Å². The van der Waals surface area contributed by atoms with Gasteiger partial charge in [0.15, 0.2) is 0 Å². The van der Waals surface area contributed by atoms with E-state index in [1.807, 2.05) is 0 Å². The van der Waals surface area contributed by atoms with E-state index in [1.54, 1.807) is 0 Å². The molecule has 6 nitrogen and oxygen atoms in total. The number of H-pyrrole nitrogens is 1. The van der Waals surface area contributed by atoms with E-state index in [0.29, 0.717) is 5.95 Å². The number of aromatic nitrogens is 3. The van der Waals surface area contributed by atoms with Gasteiger partial charge in [0.05, 0.1) is 0 Å². The van der Waals surface area contributed by atoms with E-state index in [0.717, 1.165) is 26.2 Å². The molecule has 0 aliphatic carbocycles. The second-order valence-electron chi connectivity index (χ2n) is 4.97. The van der Waals surface area contributed by atoms with Crippen LogP contribution in [0, 0.1) is 6.92 Å². The SMILES string of the molecule is Cc1cccc(N2CCN(c3nncc(=O)[nH]3)CC2)c1. The average molecular weight is 271 g/mol. The number of anilines is 2. The van der Waals surface area contributed by atoms with Crippen LogP contribution in [0.5, 0.6) is 0 Å². The maximum atomic E-state index is 11.3. The van der Waals surface area contributed by atoms with Crippen LogP contribution in [0.2, 0.25) is 0 Å². The first-order chi connectivity index (χ1) is 9.72. The van der Waals surface area contributed by atoms with Gasteiger partial charge >= 0.3 is 0 Å². The summed E-state index contributed by atoms with van der Waals surface area (Å²) in [4.78, 5) is 18.4. The van der Waals surface area contributed by atoms with Crippen LogP contribution in [-0.2, 0) is 0 Å². The van der Waals surface area contributed by atoms with Crippen molar-refractivity contribution in [2.45, 2.75) is 6.92 Å². The summed E-state index contributed by atoms with van der Waals surface area (Å²) in [5, 5.41) is 7.68. The second-order valence-corrected chi connectivity index (χ2v) is 4.97. The molecule has 1 aromatic carbocycles. The lowest BCUT2D eigenvalue weighted by Crippen LogP contribution is -2.47. The molecule has 1 aromatic heterocycles. The van der Waals surface area contributed by atoms with Crippen molar-refractivity contribution in [2.24, 2.45) is 0 Å². The Morgan fingerprint density at radius 2 is 1.90 bits per heavy atom. The summed E-state index contributed by atoms with van der Waals surface area (Å²) in [7, 11) is 0. The molecular formula is C14H17N5O. The Morgan fingerprint density at radius 3 is 2.60 bits per heavy atom. The first kappa shape index (κ1) is 12.7. The summed E-state index contributed by atoms with van der Waals surface area (Å²) in [6, 6.07) is 8.51. The summed E-state index contributed by atoms with van der Waals surface area (Å²) < 4.78 is 0. The van der Waals surface area contributed by atoms with Crippen LogP contribution >= 0.6 is 0 Å². The highest BCUT2D eigenvalue weighted by molar-refractivity contribution is 5.50. The van der Waals surface area contributed by atoms with Gasteiger partial charge in [-0.05, 0) is 24.6 Å². The number of rotatable bonds is 2. The standard InChI is InChI=1S/C14H17N5O/c1-11-3-2-4-12(9-11)18-5-7-19(8-6-18)14-16-13(20)10-15-17-14/h2-4,9-10H,5-8H2,1H3,(H,16,17,20). The van der Waals surface area contributed by atoms with E-state index >= 15 is 0 Å². The average Bonchev–Trinajstić information content (AvgIpc) is 2.47. The van der Waals surface area contributed by atoms with Crippen LogP contribution in [0.4, 0.5) is 11.6 Å². The van der Waals surface area contributed by atoms with Crippen molar-refractivity contribution in [2.75, 3.05) is 36.0 Å². The molecule has 20 heavy (non-hydrogen) atoms. The van der Waals surface area contributed by atoms with Crippen molar-refractivity contribution in [1.82, 2.24) is 15.2 Å². The summed E-state index contributed by atoms with van der Waals surface area (Å²) in [5.41, 5.74) is 2.30. The number of aryl methyl sites for hydroxylation is 1. The predicted molar refractivity (Wildman–Crippen MR) is 78.3 cm³/mol. The highest BCUT2D eigenvalue weighted by atomic mass is 16.1. The third-order valence-corrected chi connectivity index (χ3v) is 3.51. The van der Waals surface area contributed by atoms with E-state index < -0.39 is 0 Å². The number of piperazine rings is 1. The molecule has 1 N–H and O–H groups in total. The number of nitrogens with one attached hydrogen (secondary N) is 1. The Bertz CT molecular complexity index is 646. The minimum Gasteiger partial charge on any atom is -0.368 e. The molecule has 1 fully saturated rings. The largest absolute Gasteiger partial charge is 0.368 e. The molecule has 1 aliphatic rings. The molecule has 6 heteroatoms. The molecular weight excluding hydrogens is 254 g/mol. The van der Waals surface area contributed by atoms with E-state index in [9.17, 15) is 4.79 Å². The molecule has 2 aromatic rings. The first-order valence-electron chi connectivity index (χ1n) is 6.71. The minimum absolute atomic E-state index is 0.212. The normalized spacial score (nSPS) is 15.4. The number of benzene rings is 1. The predicted octanol–water partition coefficient (Wildman–Crippen LogP) is 0.800. The fourth-order valence-corrected chi connectivity index (χ4v) is 2.45. The maximum absolute atomic E-state index is 11.3. The lowest BCUT2D eigenvalue weighted by atomic mass is 10.2. The lowest BCUT2D eigenvalue weighted by Gasteiger charge is -2.36. The highest BCUT2D eigenvalue weighted by Crippen LogP contribution is 2.18. The van der Waals surface area contributed by atoms with Gasteiger partial charge in [-0.2, -0.15) is 0 Å². The number of hydrogen-bond donors (Lipinski definition) is 1. The maximum Gasteiger partial charge on any atom is 0.271 e. The van der Waals surface area contributed by atoms with Gasteiger partial charge in [0.2, 0.25) is 5.95 Å². The summed E-state index contributed by atoms with van der Waals surface area (Å²) in [6.07, 6.45) is 1.19. The van der Waals surface area contributed by atoms with Crippen LogP contribution in [0.1, 0.15) is 5.56 Å². The molecule has 0 spiro atoms. The second kappa shape index (κ2) is 5.32. The van der Waals surface area contributed by atoms with Gasteiger partial charge < -0.3 is 9.80 Å². The molecule has 0 radical (unpaired) electrons. The monoisotopic (exact) mass is 271 g/mol. The topological polar surface area (TPSA) is 65.1 Å². The van der Waals surface area contributed by atoms with Crippen LogP contribution in [0.15, 0.2) is 35.3 Å². The number of hydrogen-bond acceptors (Lipinski definition) is 5. The van der Waals surface area contributed by atoms with Crippen molar-refractivity contribution in [1.29, 1.82) is 0 Å². The Hall–Kier alpha value is -2.37. The van der Waals surface area contributed by atoms with E-state index in [1.165, 1.54) is 17.4 Å². The Balaban J connectivity index is 1.69. The van der Waals surface area contributed by atoms with Crippen molar-refractivity contribution >= 4 is 11.6 Å². The van der Waals surface area contributed by atoms with Gasteiger partial charge in [-0.3, -0.25) is 9.78 Å². The summed E-state index contributed by atoms with van der Waals surface area (Å²) in [5.74, 6) is 0.557. The first-order valence-corrected chi connectivity index (χ1v) is 6.71. The van der Waals surface area contributed by atoms with Crippen LogP contribution < -0.4 is 15.4 Å². The van der Waals surface area contributed by atoms with Crippen molar-refractivity contribution in [3.63, 3.8) is 0 Å². The molecule has 0 saturated carbocycles. The highest BCUT2D eigenvalue weighted by Gasteiger charge is 2.19. The van der Waals surface area contributed by atoms with Gasteiger partial charge in [0.25, 0.3) is 5.56 Å². The van der Waals surface area contributed by atoms with E-state index in [-0.39, 0.29) is 5.56 Å². The molecule has 2 heterocycles. The molecule has 1 aliphatic heterocycles. The zero-order valence-electron chi connectivity index (χ0n) is 11.4. The molecule has 0 bridgehead atoms. The zero-order chi connectivity index (χ0) is 13.9. The van der Waals surface area contributed by atoms with Crippen molar-refractivity contribution in [3.05, 3.63) is 46.4 Å². The zero-order valence-corrected chi connectivity index (χ0v) is 11.4. The summed E-state index contributed by atoms with van der Waals surface area (Å²) >= 11 is 0. The quantitative estimate of drug-likeness (QED) is 0.875. The van der Waals surface area contributed by atoms with E-state index in [4.69, 9.17) is 0 Å². The third kappa shape index (κ3) is 2.64. The number of nitrogens with zero attached hydrogens (tertiary/aromatic N) is 4. The fourth-order valence-electron chi connectivity index (χ4n) is 2.45. The van der Waals surface area contributed by atoms with Gasteiger partial charge in [-0.15, -0.1) is 10.2 Å². The minimum atomic E-state index is -0.212. The molecule has 3 rings (SSSR count). The van der Waals surface area contributed by atoms with Crippen LogP contribution in [0.25, 0.3) is 0 Å². The molecule has 0 unspecified atom stereocenters. The smallest absolute Gasteiger partial charge is 0.271 e. The molecule has 0 atom stereocenters. The third-order valence-electron chi connectivity index (χ3n) is 3.51. The van der Waals surface area contributed by atoms with E-state index in [2.05, 4.69) is 56.2 Å². The van der Waals surface area contributed by atoms with Gasteiger partial charge in [-0.1, -0.05) is 12.1 Å².